The Morgan fingerprint density at radius 1 is 0.240 bits per heavy atom. The summed E-state index contributed by atoms with van der Waals surface area (Å²) in [6.45, 7) is 8.68. The van der Waals surface area contributed by atoms with Gasteiger partial charge in [-0.05, 0) is 216 Å². The van der Waals surface area contributed by atoms with Crippen molar-refractivity contribution in [2.45, 2.75) is 154 Å². The van der Waals surface area contributed by atoms with Gasteiger partial charge in [-0.2, -0.15) is 0 Å². The van der Waals surface area contributed by atoms with Gasteiger partial charge in [0.1, 0.15) is 28.2 Å². The van der Waals surface area contributed by atoms with Crippen molar-refractivity contribution >= 4 is 0 Å². The average Bonchev–Trinajstić information content (AvgIpc) is 0.969. The Balaban J connectivity index is 0.000000121. The van der Waals surface area contributed by atoms with Gasteiger partial charge in [-0.1, -0.05) is 221 Å². The third-order valence-electron chi connectivity index (χ3n) is 22.0. The quantitative estimate of drug-likeness (QED) is 0.108. The fraction of sp³-hybridized carbons (Fsp3) is 0.292. The van der Waals surface area contributed by atoms with Crippen LogP contribution < -0.4 is 18.3 Å². The number of hydrogen-bond donors (Lipinski definition) is 0. The molecule has 4 nitrogen and oxygen atoms in total. The second-order valence-corrected chi connectivity index (χ2v) is 28.9. The zero-order chi connectivity index (χ0) is 70.7. The van der Waals surface area contributed by atoms with Crippen LogP contribution in [0.25, 0.3) is 89.5 Å². The van der Waals surface area contributed by atoms with Gasteiger partial charge in [0.05, 0.1) is 0 Å². The maximum atomic E-state index is 8.82. The zero-order valence-corrected chi connectivity index (χ0v) is 60.7. The highest BCUT2D eigenvalue weighted by Gasteiger charge is 2.24. The van der Waals surface area contributed by atoms with Crippen molar-refractivity contribution in [2.24, 2.45) is 28.2 Å². The van der Waals surface area contributed by atoms with Crippen LogP contribution in [0, 0.1) is 27.7 Å². The highest BCUT2D eigenvalue weighted by molar-refractivity contribution is 5.74. The number of nitrogens with zero attached hydrogens (tertiary/aromatic N) is 4. The van der Waals surface area contributed by atoms with Crippen LogP contribution in [0.3, 0.4) is 0 Å². The summed E-state index contributed by atoms with van der Waals surface area (Å²) in [5.74, 6) is 0.781. The molecule has 100 heavy (non-hydrogen) atoms. The first kappa shape index (κ1) is 66.3. The summed E-state index contributed by atoms with van der Waals surface area (Å²) >= 11 is 0. The lowest BCUT2D eigenvalue weighted by Gasteiger charge is -2.12. The average molecular weight is 1320 g/mol. The van der Waals surface area contributed by atoms with E-state index in [2.05, 4.69) is 342 Å². The highest BCUT2D eigenvalue weighted by Crippen LogP contribution is 2.40. The minimum Gasteiger partial charge on any atom is -0.201 e. The number of hydrogen-bond acceptors (Lipinski definition) is 0. The standard InChI is InChI=1S/4C24H26N/c2*1-18-8-3-6-13-23(18)24-17-22(14-15-25(24)2)21-12-7-11-20(16-21)19-9-4-5-10-19;2*1-18-7-3-6-10-23(18)24-17-22(15-16-25(24)2)21-13-11-20(12-14-21)19-8-4-5-9-19/h2*3,6-8,11-17,19H,4-5,9-10H2,1-2H3;2*3,6-7,10-17,19H,4-5,8-9H2,1-2H3/q4*+1/i19D;;19D;. The minimum absolute atomic E-state index is 0.367. The molecule has 0 aliphatic heterocycles. The van der Waals surface area contributed by atoms with Gasteiger partial charge in [-0.3, -0.25) is 0 Å². The summed E-state index contributed by atoms with van der Waals surface area (Å²) in [6, 6.07) is 88.0. The lowest BCUT2D eigenvalue weighted by Crippen LogP contribution is -2.30. The Morgan fingerprint density at radius 3 is 0.860 bits per heavy atom. The van der Waals surface area contributed by atoms with Crippen molar-refractivity contribution in [3.05, 3.63) is 312 Å². The Hall–Kier alpha value is -9.64. The highest BCUT2D eigenvalue weighted by atomic mass is 14.9. The Bertz CT molecular complexity index is 4850. The third-order valence-corrected chi connectivity index (χ3v) is 22.0. The molecule has 4 aliphatic carbocycles. The van der Waals surface area contributed by atoms with Gasteiger partial charge in [0.2, 0.25) is 22.8 Å². The van der Waals surface area contributed by atoms with Crippen LogP contribution in [-0.4, -0.2) is 0 Å². The monoisotopic (exact) mass is 1310 g/mol. The minimum atomic E-state index is -0.395. The molecule has 0 bridgehead atoms. The molecule has 0 amide bonds. The van der Waals surface area contributed by atoms with Gasteiger partial charge in [0.25, 0.3) is 0 Å². The molecule has 4 fully saturated rings. The van der Waals surface area contributed by atoms with Crippen molar-refractivity contribution in [1.29, 1.82) is 0 Å². The molecule has 0 spiro atoms. The molecule has 0 saturated heterocycles. The molecule has 12 aromatic rings. The fourth-order valence-corrected chi connectivity index (χ4v) is 15.9. The van der Waals surface area contributed by atoms with Gasteiger partial charge in [0, 0.05) is 73.5 Å². The smallest absolute Gasteiger partial charge is 0.201 e. The van der Waals surface area contributed by atoms with Crippen LogP contribution in [0.5, 0.6) is 0 Å². The molecule has 4 heteroatoms. The summed E-state index contributed by atoms with van der Waals surface area (Å²) in [7, 11) is 8.44. The number of benzene rings is 8. The van der Waals surface area contributed by atoms with Gasteiger partial charge < -0.3 is 0 Å². The summed E-state index contributed by atoms with van der Waals surface area (Å²) in [5.41, 5.74) is 30.7. The topological polar surface area (TPSA) is 15.5 Å². The van der Waals surface area contributed by atoms with Gasteiger partial charge in [-0.15, -0.1) is 0 Å². The van der Waals surface area contributed by atoms with Crippen LogP contribution in [0.15, 0.2) is 267 Å². The molecule has 16 rings (SSSR count). The van der Waals surface area contributed by atoms with Crippen LogP contribution >= 0.6 is 0 Å². The van der Waals surface area contributed by atoms with Gasteiger partial charge >= 0.3 is 0 Å². The first-order valence-electron chi connectivity index (χ1n) is 38.2. The molecule has 504 valence electrons. The van der Waals surface area contributed by atoms with Crippen LogP contribution in [-0.2, 0) is 28.2 Å². The number of aryl methyl sites for hydroxylation is 8. The largest absolute Gasteiger partial charge is 0.213 e. The van der Waals surface area contributed by atoms with Crippen molar-refractivity contribution in [3.63, 3.8) is 0 Å². The summed E-state index contributed by atoms with van der Waals surface area (Å²) in [4.78, 5) is 0. The molecule has 4 saturated carbocycles. The summed E-state index contributed by atoms with van der Waals surface area (Å²) in [6.07, 6.45) is 28.2. The molecular formula is C96H104N4+4. The lowest BCUT2D eigenvalue weighted by molar-refractivity contribution is -0.660. The van der Waals surface area contributed by atoms with E-state index in [1.165, 1.54) is 206 Å². The van der Waals surface area contributed by atoms with Crippen LogP contribution in [0.4, 0.5) is 0 Å². The van der Waals surface area contributed by atoms with Crippen molar-refractivity contribution in [3.8, 4) is 89.5 Å². The van der Waals surface area contributed by atoms with E-state index in [-0.39, 0.29) is 5.89 Å². The maximum absolute atomic E-state index is 8.82. The third kappa shape index (κ3) is 16.5. The predicted molar refractivity (Wildman–Crippen MR) is 418 cm³/mol. The molecule has 4 aliphatic rings. The number of aromatic nitrogens is 4. The Morgan fingerprint density at radius 2 is 0.510 bits per heavy atom. The van der Waals surface area contributed by atoms with E-state index in [1.807, 2.05) is 0 Å². The normalized spacial score (nSPS) is 15.7. The Kier molecular flexibility index (Phi) is 21.6. The number of rotatable bonds is 12. The van der Waals surface area contributed by atoms with Gasteiger partial charge in [0.15, 0.2) is 24.8 Å². The predicted octanol–water partition coefficient (Wildman–Crippen LogP) is 23.2. The van der Waals surface area contributed by atoms with E-state index in [4.69, 9.17) is 2.74 Å². The van der Waals surface area contributed by atoms with Crippen molar-refractivity contribution < 1.29 is 21.0 Å². The molecule has 0 atom stereocenters. The molecule has 8 aromatic carbocycles. The molecular weight excluding hydrogens is 1210 g/mol. The first-order chi connectivity index (χ1) is 49.6. The van der Waals surface area contributed by atoms with Crippen molar-refractivity contribution in [2.75, 3.05) is 0 Å². The molecule has 0 radical (unpaired) electrons. The summed E-state index contributed by atoms with van der Waals surface area (Å²) < 4.78 is 26.3. The summed E-state index contributed by atoms with van der Waals surface area (Å²) in [5, 5.41) is 0. The fourth-order valence-electron chi connectivity index (χ4n) is 15.9. The molecule has 0 unspecified atom stereocenters. The SMILES string of the molecule is Cc1ccccc1-c1cc(-c2ccc(C3CCCC3)cc2)cc[n+]1C.Cc1ccccc1-c1cc(-c2cccc(C3CCCC3)c2)cc[n+]1C.[2H]C1(c2ccc(-c3cc[n+](C)c(-c4ccccc4C)c3)cc2)CCCC1.[2H]C1(c2cccc(-c3cc[n+](C)c(-c4ccccc4C)c3)c2)CCCC1. The van der Waals surface area contributed by atoms with E-state index in [0.29, 0.717) is 0 Å². The first-order valence-corrected chi connectivity index (χ1v) is 37.2. The zero-order valence-electron chi connectivity index (χ0n) is 62.7. The van der Waals surface area contributed by atoms with Gasteiger partial charge in [-0.25, -0.2) is 18.3 Å². The van der Waals surface area contributed by atoms with Crippen LogP contribution in [0.2, 0.25) is 0 Å². The van der Waals surface area contributed by atoms with E-state index in [0.717, 1.165) is 43.1 Å². The second kappa shape index (κ2) is 32.6. The van der Waals surface area contributed by atoms with E-state index in [9.17, 15) is 0 Å². The Labute approximate surface area is 601 Å². The van der Waals surface area contributed by atoms with E-state index < -0.39 is 5.89 Å². The van der Waals surface area contributed by atoms with Crippen molar-refractivity contribution in [1.82, 2.24) is 0 Å². The number of pyridine rings is 4. The molecule has 4 aromatic heterocycles. The van der Waals surface area contributed by atoms with Crippen LogP contribution in [0.1, 0.15) is 174 Å². The second-order valence-electron chi connectivity index (χ2n) is 28.9. The van der Waals surface area contributed by atoms with E-state index in [1.54, 1.807) is 0 Å². The maximum Gasteiger partial charge on any atom is 0.213 e. The molecule has 0 N–H and O–H groups in total. The van der Waals surface area contributed by atoms with E-state index >= 15 is 0 Å². The molecule has 4 heterocycles. The lowest BCUT2D eigenvalue weighted by atomic mass is 9.93.